The lowest BCUT2D eigenvalue weighted by atomic mass is 9.87. The molecule has 2 aliphatic heterocycles. The van der Waals surface area contributed by atoms with Crippen molar-refractivity contribution in [2.24, 2.45) is 5.92 Å². The normalized spacial score (nSPS) is 26.2. The largest absolute Gasteiger partial charge is 0.382 e. The van der Waals surface area contributed by atoms with E-state index < -0.39 is 11.9 Å². The molecule has 3 aliphatic rings. The summed E-state index contributed by atoms with van der Waals surface area (Å²) >= 11 is 5.94. The van der Waals surface area contributed by atoms with Gasteiger partial charge >= 0.3 is 0 Å². The second kappa shape index (κ2) is 7.98. The van der Waals surface area contributed by atoms with E-state index in [4.69, 9.17) is 16.3 Å². The Hall–Kier alpha value is -2.20. The van der Waals surface area contributed by atoms with Crippen LogP contribution in [0.3, 0.4) is 0 Å². The first-order valence-corrected chi connectivity index (χ1v) is 11.3. The van der Waals surface area contributed by atoms with E-state index in [0.29, 0.717) is 36.3 Å². The number of amides is 2. The lowest BCUT2D eigenvalue weighted by molar-refractivity contribution is -0.137. The number of piperidine rings is 1. The van der Waals surface area contributed by atoms with Crippen molar-refractivity contribution in [3.8, 4) is 0 Å². The van der Waals surface area contributed by atoms with Gasteiger partial charge in [-0.05, 0) is 37.5 Å². The molecule has 172 valence electrons. The van der Waals surface area contributed by atoms with Crippen molar-refractivity contribution in [2.75, 3.05) is 33.9 Å². The molecule has 8 nitrogen and oxygen atoms in total. The third-order valence-electron chi connectivity index (χ3n) is 7.23. The molecule has 2 amide bonds. The quantitative estimate of drug-likeness (QED) is 0.630. The first-order valence-electron chi connectivity index (χ1n) is 10.9. The number of ether oxygens (including phenoxy) is 1. The number of aromatic amines is 1. The van der Waals surface area contributed by atoms with Gasteiger partial charge in [0.05, 0.1) is 17.7 Å². The van der Waals surface area contributed by atoms with Crippen LogP contribution in [0, 0.1) is 11.7 Å². The number of methoxy groups -OCH3 is 1. The molecular formula is C22H27ClFN5O3. The number of rotatable bonds is 5. The van der Waals surface area contributed by atoms with Gasteiger partial charge in [-0.15, -0.1) is 0 Å². The predicted molar refractivity (Wildman–Crippen MR) is 118 cm³/mol. The molecule has 32 heavy (non-hydrogen) atoms. The fraction of sp³-hybridized carbons (Fsp3) is 0.545. The Morgan fingerprint density at radius 2 is 2.09 bits per heavy atom. The van der Waals surface area contributed by atoms with E-state index in [2.05, 4.69) is 15.8 Å². The number of likely N-dealkylation sites (N-methyl/N-ethyl adjacent to an activating group) is 1. The number of aromatic nitrogens is 1. The zero-order valence-electron chi connectivity index (χ0n) is 18.1. The summed E-state index contributed by atoms with van der Waals surface area (Å²) in [5, 5.41) is 0.603. The van der Waals surface area contributed by atoms with Gasteiger partial charge in [0.2, 0.25) is 5.91 Å². The first-order chi connectivity index (χ1) is 15.3. The van der Waals surface area contributed by atoms with Crippen molar-refractivity contribution >= 4 is 34.3 Å². The minimum atomic E-state index is -0.468. The van der Waals surface area contributed by atoms with Gasteiger partial charge in [0.25, 0.3) is 5.91 Å². The molecular weight excluding hydrogens is 437 g/mol. The van der Waals surface area contributed by atoms with Gasteiger partial charge in [0.1, 0.15) is 17.6 Å². The number of fused-ring (bicyclic) bond motifs is 2. The van der Waals surface area contributed by atoms with Crippen LogP contribution >= 0.6 is 11.6 Å². The standard InChI is InChI=1S/C22H27ClFN5O3/c1-28(22(4-5-22)11-32-2)21(31)19-14-10-29(6-3-16(14)26-27-19)20(30)18-9-13-15(24)7-12(23)8-17(13)25-18/h7-9,14,16,19,25-27H,3-6,10-11H2,1-2H3. The summed E-state index contributed by atoms with van der Waals surface area (Å²) in [7, 11) is 3.48. The number of hydrogen-bond acceptors (Lipinski definition) is 5. The first kappa shape index (κ1) is 21.6. The molecule has 3 fully saturated rings. The fourth-order valence-corrected chi connectivity index (χ4v) is 5.31. The Balaban J connectivity index is 1.32. The Kier molecular flexibility index (Phi) is 5.40. The number of carbonyl (C=O) groups excluding carboxylic acids is 2. The van der Waals surface area contributed by atoms with Crippen LogP contribution in [0.1, 0.15) is 29.8 Å². The summed E-state index contributed by atoms with van der Waals surface area (Å²) in [4.78, 5) is 33.0. The van der Waals surface area contributed by atoms with E-state index in [9.17, 15) is 14.0 Å². The summed E-state index contributed by atoms with van der Waals surface area (Å²) in [6, 6.07) is 4.05. The molecule has 0 spiro atoms. The van der Waals surface area contributed by atoms with E-state index in [0.717, 1.165) is 19.3 Å². The monoisotopic (exact) mass is 463 g/mol. The molecule has 3 atom stereocenters. The highest BCUT2D eigenvalue weighted by atomic mass is 35.5. The van der Waals surface area contributed by atoms with Crippen LogP contribution < -0.4 is 10.9 Å². The van der Waals surface area contributed by atoms with Crippen LogP contribution in [-0.2, 0) is 9.53 Å². The van der Waals surface area contributed by atoms with Crippen LogP contribution in [-0.4, -0.2) is 78.1 Å². The summed E-state index contributed by atoms with van der Waals surface area (Å²) < 4.78 is 19.5. The predicted octanol–water partition coefficient (Wildman–Crippen LogP) is 1.90. The molecule has 2 aromatic rings. The second-order valence-electron chi connectivity index (χ2n) is 9.16. The summed E-state index contributed by atoms with van der Waals surface area (Å²) in [5.41, 5.74) is 6.99. The molecule has 3 heterocycles. The molecule has 3 N–H and O–H groups in total. The van der Waals surface area contributed by atoms with Crippen molar-refractivity contribution in [2.45, 2.75) is 36.9 Å². The Labute approximate surface area is 190 Å². The second-order valence-corrected chi connectivity index (χ2v) is 9.60. The zero-order valence-corrected chi connectivity index (χ0v) is 18.8. The van der Waals surface area contributed by atoms with Crippen LogP contribution in [0.4, 0.5) is 4.39 Å². The summed E-state index contributed by atoms with van der Waals surface area (Å²) in [5.74, 6) is -0.725. The van der Waals surface area contributed by atoms with Crippen LogP contribution in [0.15, 0.2) is 18.2 Å². The molecule has 0 bridgehead atoms. The molecule has 10 heteroatoms. The lowest BCUT2D eigenvalue weighted by Gasteiger charge is -2.37. The average molecular weight is 464 g/mol. The number of H-pyrrole nitrogens is 1. The van der Waals surface area contributed by atoms with Gasteiger partial charge in [-0.1, -0.05) is 11.6 Å². The molecule has 1 aromatic heterocycles. The van der Waals surface area contributed by atoms with Crippen molar-refractivity contribution in [3.63, 3.8) is 0 Å². The number of hydrazine groups is 1. The van der Waals surface area contributed by atoms with E-state index in [-0.39, 0.29) is 34.3 Å². The van der Waals surface area contributed by atoms with Crippen LogP contribution in [0.5, 0.6) is 0 Å². The maximum atomic E-state index is 14.2. The highest BCUT2D eigenvalue weighted by Gasteiger charge is 2.52. The number of nitrogens with zero attached hydrogens (tertiary/aromatic N) is 2. The molecule has 0 radical (unpaired) electrons. The number of likely N-dealkylation sites (tertiary alicyclic amines) is 1. The smallest absolute Gasteiger partial charge is 0.270 e. The summed E-state index contributed by atoms with van der Waals surface area (Å²) in [6.07, 6.45) is 2.59. The maximum Gasteiger partial charge on any atom is 0.270 e. The Morgan fingerprint density at radius 3 is 2.81 bits per heavy atom. The number of halogens is 2. The number of benzene rings is 1. The SMILES string of the molecule is COCC1(N(C)C(=O)C2NNC3CCN(C(=O)c4cc5c(F)cc(Cl)cc5[nH]4)CC32)CC1. The van der Waals surface area contributed by atoms with E-state index >= 15 is 0 Å². The van der Waals surface area contributed by atoms with Crippen molar-refractivity contribution in [1.82, 2.24) is 25.6 Å². The highest BCUT2D eigenvalue weighted by Crippen LogP contribution is 2.42. The van der Waals surface area contributed by atoms with E-state index in [1.165, 1.54) is 12.1 Å². The van der Waals surface area contributed by atoms with Gasteiger partial charge in [-0.2, -0.15) is 0 Å². The van der Waals surface area contributed by atoms with E-state index in [1.54, 1.807) is 18.1 Å². The van der Waals surface area contributed by atoms with Crippen molar-refractivity contribution in [1.29, 1.82) is 0 Å². The third kappa shape index (κ3) is 3.57. The van der Waals surface area contributed by atoms with Crippen molar-refractivity contribution < 1.29 is 18.7 Å². The molecule has 3 unspecified atom stereocenters. The minimum absolute atomic E-state index is 0.0103. The molecule has 1 saturated carbocycles. The minimum Gasteiger partial charge on any atom is -0.382 e. The molecule has 2 saturated heterocycles. The fourth-order valence-electron chi connectivity index (χ4n) is 5.11. The summed E-state index contributed by atoms with van der Waals surface area (Å²) in [6.45, 7) is 1.51. The van der Waals surface area contributed by atoms with Gasteiger partial charge in [-0.3, -0.25) is 15.0 Å². The zero-order chi connectivity index (χ0) is 22.6. The number of carbonyl (C=O) groups is 2. The Morgan fingerprint density at radius 1 is 1.31 bits per heavy atom. The topological polar surface area (TPSA) is 89.7 Å². The lowest BCUT2D eigenvalue weighted by Crippen LogP contribution is -2.54. The molecule has 1 aliphatic carbocycles. The number of hydrogen-bond donors (Lipinski definition) is 3. The molecule has 5 rings (SSSR count). The van der Waals surface area contributed by atoms with Crippen LogP contribution in [0.2, 0.25) is 5.02 Å². The average Bonchev–Trinajstić information content (AvgIpc) is 3.23. The maximum absolute atomic E-state index is 14.2. The van der Waals surface area contributed by atoms with Gasteiger partial charge in [0, 0.05) is 49.6 Å². The third-order valence-corrected chi connectivity index (χ3v) is 7.45. The van der Waals surface area contributed by atoms with Gasteiger partial charge in [0.15, 0.2) is 0 Å². The van der Waals surface area contributed by atoms with Crippen LogP contribution in [0.25, 0.3) is 10.9 Å². The number of nitrogens with one attached hydrogen (secondary N) is 3. The molecule has 1 aromatic carbocycles. The highest BCUT2D eigenvalue weighted by molar-refractivity contribution is 6.31. The van der Waals surface area contributed by atoms with Gasteiger partial charge < -0.3 is 19.5 Å². The van der Waals surface area contributed by atoms with Gasteiger partial charge in [-0.25, -0.2) is 9.82 Å². The Bertz CT molecular complexity index is 1070. The van der Waals surface area contributed by atoms with E-state index in [1.807, 2.05) is 11.9 Å². The van der Waals surface area contributed by atoms with Crippen molar-refractivity contribution in [3.05, 3.63) is 34.7 Å².